The molecule has 0 unspecified atom stereocenters. The Kier molecular flexibility index (Phi) is 4.17. The van der Waals surface area contributed by atoms with E-state index in [1.807, 2.05) is 6.07 Å². The molecule has 1 saturated carbocycles. The summed E-state index contributed by atoms with van der Waals surface area (Å²) in [5.74, 6) is -0.110. The fourth-order valence-electron chi connectivity index (χ4n) is 2.57. The predicted octanol–water partition coefficient (Wildman–Crippen LogP) is 4.06. The van der Waals surface area contributed by atoms with Gasteiger partial charge in [-0.05, 0) is 31.0 Å². The number of nitrogens with zero attached hydrogens (tertiary/aromatic N) is 1. The maximum atomic E-state index is 12.1. The van der Waals surface area contributed by atoms with Gasteiger partial charge in [0, 0.05) is 11.6 Å². The van der Waals surface area contributed by atoms with Crippen molar-refractivity contribution in [2.75, 3.05) is 0 Å². The van der Waals surface area contributed by atoms with Gasteiger partial charge in [-0.1, -0.05) is 42.1 Å². The second kappa shape index (κ2) is 6.08. The molecule has 4 nitrogen and oxygen atoms in total. The third-order valence-corrected chi connectivity index (χ3v) is 4.47. The van der Waals surface area contributed by atoms with Gasteiger partial charge in [-0.2, -0.15) is 5.10 Å². The van der Waals surface area contributed by atoms with Crippen molar-refractivity contribution < 1.29 is 4.79 Å². The van der Waals surface area contributed by atoms with Crippen LogP contribution >= 0.6 is 23.2 Å². The Labute approximate surface area is 132 Å². The Morgan fingerprint density at radius 2 is 1.95 bits per heavy atom. The van der Waals surface area contributed by atoms with E-state index in [9.17, 15) is 4.79 Å². The van der Waals surface area contributed by atoms with Crippen LogP contribution in [0, 0.1) is 0 Å². The molecule has 0 atom stereocenters. The van der Waals surface area contributed by atoms with Crippen LogP contribution in [0.2, 0.25) is 10.0 Å². The summed E-state index contributed by atoms with van der Waals surface area (Å²) in [5, 5.41) is 10.9. The molecule has 1 aromatic carbocycles. The van der Waals surface area contributed by atoms with Crippen LogP contribution in [0.15, 0.2) is 24.3 Å². The van der Waals surface area contributed by atoms with Crippen molar-refractivity contribution in [3.8, 4) is 11.3 Å². The van der Waals surface area contributed by atoms with Gasteiger partial charge < -0.3 is 5.32 Å². The van der Waals surface area contributed by atoms with Crippen LogP contribution in [0.4, 0.5) is 0 Å². The van der Waals surface area contributed by atoms with Gasteiger partial charge in [-0.15, -0.1) is 0 Å². The number of benzene rings is 1. The van der Waals surface area contributed by atoms with Crippen LogP contribution in [0.1, 0.15) is 36.2 Å². The fourth-order valence-corrected chi connectivity index (χ4v) is 2.87. The van der Waals surface area contributed by atoms with E-state index in [1.54, 1.807) is 18.2 Å². The fraction of sp³-hybridized carbons (Fsp3) is 0.333. The molecule has 2 aromatic rings. The molecular formula is C15H15Cl2N3O. The van der Waals surface area contributed by atoms with Crippen molar-refractivity contribution >= 4 is 29.1 Å². The van der Waals surface area contributed by atoms with Crippen molar-refractivity contribution in [1.29, 1.82) is 0 Å². The van der Waals surface area contributed by atoms with Gasteiger partial charge in [-0.3, -0.25) is 9.89 Å². The normalized spacial score (nSPS) is 15.3. The average molecular weight is 324 g/mol. The number of halogens is 2. The molecule has 21 heavy (non-hydrogen) atoms. The van der Waals surface area contributed by atoms with E-state index in [1.165, 1.54) is 12.8 Å². The lowest BCUT2D eigenvalue weighted by Crippen LogP contribution is -2.32. The first-order valence-corrected chi connectivity index (χ1v) is 7.71. The first-order chi connectivity index (χ1) is 10.1. The molecule has 1 amide bonds. The molecule has 3 rings (SSSR count). The highest BCUT2D eigenvalue weighted by atomic mass is 35.5. The minimum absolute atomic E-state index is 0.110. The van der Waals surface area contributed by atoms with Crippen molar-refractivity contribution in [3.05, 3.63) is 40.0 Å². The van der Waals surface area contributed by atoms with Crippen molar-refractivity contribution in [2.45, 2.75) is 31.7 Å². The zero-order valence-electron chi connectivity index (χ0n) is 11.3. The van der Waals surface area contributed by atoms with E-state index >= 15 is 0 Å². The summed E-state index contributed by atoms with van der Waals surface area (Å²) in [6.07, 6.45) is 4.48. The number of aromatic nitrogens is 2. The number of amides is 1. The van der Waals surface area contributed by atoms with Crippen LogP contribution in [0.3, 0.4) is 0 Å². The van der Waals surface area contributed by atoms with E-state index in [0.29, 0.717) is 21.4 Å². The van der Waals surface area contributed by atoms with E-state index in [4.69, 9.17) is 23.2 Å². The molecule has 2 N–H and O–H groups in total. The largest absolute Gasteiger partial charge is 0.348 e. The quantitative estimate of drug-likeness (QED) is 0.895. The van der Waals surface area contributed by atoms with Crippen LogP contribution in [0.5, 0.6) is 0 Å². The van der Waals surface area contributed by atoms with E-state index in [0.717, 1.165) is 18.4 Å². The summed E-state index contributed by atoms with van der Waals surface area (Å²) >= 11 is 11.9. The number of hydrogen-bond acceptors (Lipinski definition) is 2. The number of aromatic amines is 1. The number of nitrogens with one attached hydrogen (secondary N) is 2. The smallest absolute Gasteiger partial charge is 0.269 e. The second-order valence-corrected chi connectivity index (χ2v) is 6.06. The van der Waals surface area contributed by atoms with Gasteiger partial charge in [0.1, 0.15) is 5.69 Å². The number of H-pyrrole nitrogens is 1. The molecule has 1 fully saturated rings. The van der Waals surface area contributed by atoms with E-state index in [-0.39, 0.29) is 11.9 Å². The summed E-state index contributed by atoms with van der Waals surface area (Å²) in [7, 11) is 0. The lowest BCUT2D eigenvalue weighted by molar-refractivity contribution is 0.0933. The minimum atomic E-state index is -0.110. The number of hydrogen-bond donors (Lipinski definition) is 2. The summed E-state index contributed by atoms with van der Waals surface area (Å²) in [4.78, 5) is 12.1. The summed E-state index contributed by atoms with van der Waals surface area (Å²) in [5.41, 5.74) is 1.95. The van der Waals surface area contributed by atoms with Gasteiger partial charge in [0.25, 0.3) is 5.91 Å². The third kappa shape index (κ3) is 3.22. The predicted molar refractivity (Wildman–Crippen MR) is 83.8 cm³/mol. The van der Waals surface area contributed by atoms with Gasteiger partial charge in [0.05, 0.1) is 15.7 Å². The molecular weight excluding hydrogens is 309 g/mol. The Morgan fingerprint density at radius 1 is 1.19 bits per heavy atom. The number of rotatable bonds is 3. The molecule has 0 radical (unpaired) electrons. The SMILES string of the molecule is O=C(NC1CCCC1)c1cc(-c2ccc(Cl)c(Cl)c2)n[nH]1. The summed E-state index contributed by atoms with van der Waals surface area (Å²) < 4.78 is 0. The van der Waals surface area contributed by atoms with Crippen LogP contribution in [-0.4, -0.2) is 22.1 Å². The van der Waals surface area contributed by atoms with Crippen LogP contribution in [-0.2, 0) is 0 Å². The molecule has 1 aromatic heterocycles. The highest BCUT2D eigenvalue weighted by molar-refractivity contribution is 6.42. The Morgan fingerprint density at radius 3 is 2.67 bits per heavy atom. The highest BCUT2D eigenvalue weighted by Crippen LogP contribution is 2.27. The van der Waals surface area contributed by atoms with Crippen molar-refractivity contribution in [2.24, 2.45) is 0 Å². The molecule has 1 heterocycles. The van der Waals surface area contributed by atoms with Gasteiger partial charge in [0.15, 0.2) is 0 Å². The molecule has 0 aliphatic heterocycles. The highest BCUT2D eigenvalue weighted by Gasteiger charge is 2.19. The standard InChI is InChI=1S/C15H15Cl2N3O/c16-11-6-5-9(7-12(11)17)13-8-14(20-19-13)15(21)18-10-3-1-2-4-10/h5-8,10H,1-4H2,(H,18,21)(H,19,20). The maximum absolute atomic E-state index is 12.1. The lowest BCUT2D eigenvalue weighted by Gasteiger charge is -2.10. The topological polar surface area (TPSA) is 57.8 Å². The number of carbonyl (C=O) groups excluding carboxylic acids is 1. The van der Waals surface area contributed by atoms with Gasteiger partial charge >= 0.3 is 0 Å². The monoisotopic (exact) mass is 323 g/mol. The van der Waals surface area contributed by atoms with Crippen LogP contribution in [0.25, 0.3) is 11.3 Å². The molecule has 0 spiro atoms. The van der Waals surface area contributed by atoms with Crippen LogP contribution < -0.4 is 5.32 Å². The molecule has 110 valence electrons. The lowest BCUT2D eigenvalue weighted by atomic mass is 10.1. The number of carbonyl (C=O) groups is 1. The third-order valence-electron chi connectivity index (χ3n) is 3.73. The summed E-state index contributed by atoms with van der Waals surface area (Å²) in [6.45, 7) is 0. The molecule has 1 aliphatic rings. The van der Waals surface area contributed by atoms with E-state index < -0.39 is 0 Å². The molecule has 0 bridgehead atoms. The maximum Gasteiger partial charge on any atom is 0.269 e. The van der Waals surface area contributed by atoms with Gasteiger partial charge in [-0.25, -0.2) is 0 Å². The first-order valence-electron chi connectivity index (χ1n) is 6.95. The Bertz CT molecular complexity index is 663. The molecule has 0 saturated heterocycles. The molecule has 6 heteroatoms. The zero-order valence-corrected chi connectivity index (χ0v) is 12.8. The zero-order chi connectivity index (χ0) is 14.8. The average Bonchev–Trinajstić information content (AvgIpc) is 3.12. The second-order valence-electron chi connectivity index (χ2n) is 5.25. The van der Waals surface area contributed by atoms with Gasteiger partial charge in [0.2, 0.25) is 0 Å². The van der Waals surface area contributed by atoms with E-state index in [2.05, 4.69) is 15.5 Å². The minimum Gasteiger partial charge on any atom is -0.348 e. The molecule has 1 aliphatic carbocycles. The Balaban J connectivity index is 1.75. The van der Waals surface area contributed by atoms with Crippen molar-refractivity contribution in [3.63, 3.8) is 0 Å². The summed E-state index contributed by atoms with van der Waals surface area (Å²) in [6, 6.07) is 7.28. The Hall–Kier alpha value is -1.52. The van der Waals surface area contributed by atoms with Crippen molar-refractivity contribution in [1.82, 2.24) is 15.5 Å². The first kappa shape index (κ1) is 14.4.